The van der Waals surface area contributed by atoms with Gasteiger partial charge in [-0.2, -0.15) is 0 Å². The number of aromatic nitrogens is 3. The maximum absolute atomic E-state index is 12.3. The molecule has 0 spiro atoms. The summed E-state index contributed by atoms with van der Waals surface area (Å²) in [5.74, 6) is 0.0848. The molecule has 2 heterocycles. The second-order valence-electron chi connectivity index (χ2n) is 6.77. The van der Waals surface area contributed by atoms with Crippen molar-refractivity contribution in [2.45, 2.75) is 57.6 Å². The molecular formula is C16H27N5O2. The normalized spacial score (nSPS) is 21.5. The monoisotopic (exact) mass is 321 g/mol. The van der Waals surface area contributed by atoms with Gasteiger partial charge in [-0.3, -0.25) is 4.79 Å². The average molecular weight is 321 g/mol. The van der Waals surface area contributed by atoms with Crippen LogP contribution in [0.5, 0.6) is 0 Å². The number of aliphatic hydroxyl groups is 1. The minimum atomic E-state index is -0.457. The second-order valence-corrected chi connectivity index (χ2v) is 6.77. The molecule has 23 heavy (non-hydrogen) atoms. The number of hydrogen-bond acceptors (Lipinski definition) is 5. The molecule has 1 saturated heterocycles. The van der Waals surface area contributed by atoms with Crippen molar-refractivity contribution in [3.8, 4) is 0 Å². The van der Waals surface area contributed by atoms with Gasteiger partial charge >= 0.3 is 0 Å². The predicted octanol–water partition coefficient (Wildman–Crippen LogP) is 0.792. The first-order chi connectivity index (χ1) is 11.2. The van der Waals surface area contributed by atoms with E-state index < -0.39 is 6.10 Å². The van der Waals surface area contributed by atoms with Crippen LogP contribution in [0.25, 0.3) is 0 Å². The maximum Gasteiger partial charge on any atom is 0.273 e. The Balaban J connectivity index is 1.57. The third-order valence-electron chi connectivity index (χ3n) is 5.21. The lowest BCUT2D eigenvalue weighted by Gasteiger charge is -2.23. The van der Waals surface area contributed by atoms with Crippen molar-refractivity contribution in [1.29, 1.82) is 0 Å². The SMILES string of the molecule is Cc1c(C(=O)NCC(O)C2CCCC2)nnn1C1CCNCC1. The van der Waals surface area contributed by atoms with Crippen LogP contribution in [0.4, 0.5) is 0 Å². The van der Waals surface area contributed by atoms with E-state index in [1.54, 1.807) is 0 Å². The van der Waals surface area contributed by atoms with Crippen LogP contribution in [0, 0.1) is 12.8 Å². The molecule has 1 amide bonds. The van der Waals surface area contributed by atoms with E-state index in [1.807, 2.05) is 11.6 Å². The molecule has 3 rings (SSSR count). The van der Waals surface area contributed by atoms with E-state index in [9.17, 15) is 9.90 Å². The number of nitrogens with zero attached hydrogens (tertiary/aromatic N) is 3. The van der Waals surface area contributed by atoms with Gasteiger partial charge in [0.05, 0.1) is 17.8 Å². The molecule has 7 heteroatoms. The molecule has 2 aliphatic rings. The van der Waals surface area contributed by atoms with Gasteiger partial charge in [0.15, 0.2) is 5.69 Å². The van der Waals surface area contributed by atoms with Crippen molar-refractivity contribution in [3.05, 3.63) is 11.4 Å². The molecule has 0 bridgehead atoms. The van der Waals surface area contributed by atoms with Crippen LogP contribution in [-0.4, -0.2) is 51.7 Å². The molecule has 7 nitrogen and oxygen atoms in total. The Bertz CT molecular complexity index is 533. The Morgan fingerprint density at radius 2 is 2.04 bits per heavy atom. The van der Waals surface area contributed by atoms with E-state index in [1.165, 1.54) is 12.8 Å². The molecule has 1 aromatic heterocycles. The summed E-state index contributed by atoms with van der Waals surface area (Å²) in [5.41, 5.74) is 1.19. The van der Waals surface area contributed by atoms with Crippen molar-refractivity contribution in [3.63, 3.8) is 0 Å². The minimum Gasteiger partial charge on any atom is -0.391 e. The van der Waals surface area contributed by atoms with E-state index in [4.69, 9.17) is 0 Å². The van der Waals surface area contributed by atoms with Crippen LogP contribution in [-0.2, 0) is 0 Å². The van der Waals surface area contributed by atoms with Crippen LogP contribution in [0.1, 0.15) is 60.7 Å². The summed E-state index contributed by atoms with van der Waals surface area (Å²) in [6, 6.07) is 0.314. The summed E-state index contributed by atoms with van der Waals surface area (Å²) in [7, 11) is 0. The van der Waals surface area contributed by atoms with Gasteiger partial charge in [-0.05, 0) is 51.6 Å². The summed E-state index contributed by atoms with van der Waals surface area (Å²) < 4.78 is 1.88. The molecule has 1 aliphatic carbocycles. The first-order valence-corrected chi connectivity index (χ1v) is 8.75. The van der Waals surface area contributed by atoms with Crippen molar-refractivity contribution >= 4 is 5.91 Å². The van der Waals surface area contributed by atoms with Gasteiger partial charge < -0.3 is 15.7 Å². The molecule has 3 N–H and O–H groups in total. The smallest absolute Gasteiger partial charge is 0.273 e. The lowest BCUT2D eigenvalue weighted by atomic mass is 10.0. The molecule has 1 aromatic rings. The number of aliphatic hydroxyl groups excluding tert-OH is 1. The highest BCUT2D eigenvalue weighted by molar-refractivity contribution is 5.93. The summed E-state index contributed by atoms with van der Waals surface area (Å²) in [6.45, 7) is 4.13. The van der Waals surface area contributed by atoms with Gasteiger partial charge in [0.1, 0.15) is 0 Å². The van der Waals surface area contributed by atoms with Crippen molar-refractivity contribution in [2.75, 3.05) is 19.6 Å². The van der Waals surface area contributed by atoms with Gasteiger partial charge in [-0.25, -0.2) is 4.68 Å². The van der Waals surface area contributed by atoms with E-state index in [0.717, 1.165) is 44.5 Å². The number of amides is 1. The minimum absolute atomic E-state index is 0.236. The number of carbonyl (C=O) groups excluding carboxylic acids is 1. The highest BCUT2D eigenvalue weighted by Gasteiger charge is 2.26. The number of nitrogens with one attached hydrogen (secondary N) is 2. The standard InChI is InChI=1S/C16H27N5O2/c1-11-15(19-20-21(11)13-6-8-17-9-7-13)16(23)18-10-14(22)12-4-2-3-5-12/h12-14,17,22H,2-10H2,1H3,(H,18,23). The zero-order valence-electron chi connectivity index (χ0n) is 13.8. The largest absolute Gasteiger partial charge is 0.391 e. The fourth-order valence-electron chi connectivity index (χ4n) is 3.74. The van der Waals surface area contributed by atoms with Crippen LogP contribution in [0.2, 0.25) is 0 Å². The highest BCUT2D eigenvalue weighted by atomic mass is 16.3. The fraction of sp³-hybridized carbons (Fsp3) is 0.812. The number of hydrogen-bond donors (Lipinski definition) is 3. The van der Waals surface area contributed by atoms with Crippen molar-refractivity contribution in [2.24, 2.45) is 5.92 Å². The zero-order chi connectivity index (χ0) is 16.2. The molecule has 0 aromatic carbocycles. The summed E-state index contributed by atoms with van der Waals surface area (Å²) >= 11 is 0. The van der Waals surface area contributed by atoms with Gasteiger partial charge in [0, 0.05) is 6.54 Å². The number of piperidine rings is 1. The Hall–Kier alpha value is -1.47. The summed E-state index contributed by atoms with van der Waals surface area (Å²) in [5, 5.41) is 24.5. The molecule has 1 atom stereocenters. The predicted molar refractivity (Wildman–Crippen MR) is 86.2 cm³/mol. The lowest BCUT2D eigenvalue weighted by Crippen LogP contribution is -2.36. The second kappa shape index (κ2) is 7.40. The van der Waals surface area contributed by atoms with Crippen LogP contribution in [0.3, 0.4) is 0 Å². The fourth-order valence-corrected chi connectivity index (χ4v) is 3.74. The van der Waals surface area contributed by atoms with Gasteiger partial charge in [0.2, 0.25) is 0 Å². The van der Waals surface area contributed by atoms with Gasteiger partial charge in [0.25, 0.3) is 5.91 Å². The molecular weight excluding hydrogens is 294 g/mol. The van der Waals surface area contributed by atoms with Crippen molar-refractivity contribution in [1.82, 2.24) is 25.6 Å². The number of carbonyl (C=O) groups is 1. The highest BCUT2D eigenvalue weighted by Crippen LogP contribution is 2.27. The number of rotatable bonds is 5. The summed E-state index contributed by atoms with van der Waals surface area (Å²) in [4.78, 5) is 12.3. The van der Waals surface area contributed by atoms with Gasteiger partial charge in [-0.15, -0.1) is 5.10 Å². The molecule has 1 aliphatic heterocycles. The van der Waals surface area contributed by atoms with Crippen LogP contribution < -0.4 is 10.6 Å². The third-order valence-corrected chi connectivity index (χ3v) is 5.21. The maximum atomic E-state index is 12.3. The van der Waals surface area contributed by atoms with Crippen LogP contribution >= 0.6 is 0 Å². The molecule has 0 radical (unpaired) electrons. The van der Waals surface area contributed by atoms with Crippen LogP contribution in [0.15, 0.2) is 0 Å². The van der Waals surface area contributed by atoms with E-state index >= 15 is 0 Å². The Kier molecular flexibility index (Phi) is 5.27. The Morgan fingerprint density at radius 1 is 1.35 bits per heavy atom. The average Bonchev–Trinajstić information content (AvgIpc) is 3.23. The molecule has 2 fully saturated rings. The topological polar surface area (TPSA) is 92.1 Å². The first-order valence-electron chi connectivity index (χ1n) is 8.75. The van der Waals surface area contributed by atoms with E-state index in [2.05, 4.69) is 20.9 Å². The molecule has 1 unspecified atom stereocenters. The zero-order valence-corrected chi connectivity index (χ0v) is 13.8. The quantitative estimate of drug-likeness (QED) is 0.746. The molecule has 1 saturated carbocycles. The molecule has 128 valence electrons. The Labute approximate surface area is 136 Å². The third kappa shape index (κ3) is 3.72. The van der Waals surface area contributed by atoms with Crippen molar-refractivity contribution < 1.29 is 9.90 Å². The lowest BCUT2D eigenvalue weighted by molar-refractivity contribution is 0.0836. The first kappa shape index (κ1) is 16.4. The van der Waals surface area contributed by atoms with Gasteiger partial charge in [-0.1, -0.05) is 18.1 Å². The van der Waals surface area contributed by atoms with E-state index in [-0.39, 0.29) is 5.91 Å². The van der Waals surface area contributed by atoms with E-state index in [0.29, 0.717) is 24.2 Å². The summed E-state index contributed by atoms with van der Waals surface area (Å²) in [6.07, 6.45) is 6.03. The Morgan fingerprint density at radius 3 is 2.74 bits per heavy atom.